The van der Waals surface area contributed by atoms with Crippen LogP contribution >= 0.6 is 0 Å². The number of nitrogens with zero attached hydrogens (tertiary/aromatic N) is 2. The minimum atomic E-state index is 0.146. The number of aromatic hydroxyl groups is 1. The summed E-state index contributed by atoms with van der Waals surface area (Å²) in [5.74, 6) is 1.54. The molecule has 0 saturated heterocycles. The maximum Gasteiger partial charge on any atom is 0.160 e. The summed E-state index contributed by atoms with van der Waals surface area (Å²) in [4.78, 5) is 2.47. The van der Waals surface area contributed by atoms with Crippen molar-refractivity contribution in [3.63, 3.8) is 0 Å². The topological polar surface area (TPSA) is 46.9 Å². The smallest absolute Gasteiger partial charge is 0.160 e. The Labute approximate surface area is 165 Å². The minimum absolute atomic E-state index is 0.146. The molecule has 0 aliphatic carbocycles. The highest BCUT2D eigenvalue weighted by molar-refractivity contribution is 5.42. The fraction of sp³-hybridized carbons (Fsp3) is 0.304. The van der Waals surface area contributed by atoms with Crippen LogP contribution in [0.15, 0.2) is 60.8 Å². The van der Waals surface area contributed by atoms with Gasteiger partial charge in [-0.05, 0) is 53.9 Å². The zero-order valence-electron chi connectivity index (χ0n) is 16.3. The number of benzene rings is 2. The van der Waals surface area contributed by atoms with Crippen molar-refractivity contribution in [2.24, 2.45) is 0 Å². The number of fused-ring (bicyclic) bond motifs is 1. The zero-order chi connectivity index (χ0) is 19.5. The van der Waals surface area contributed by atoms with Gasteiger partial charge < -0.3 is 19.1 Å². The SMILES string of the molecule is COc1ccc([C@@H]2c3cccn3CCCN2Cc2ccc(OC)c(O)c2)cc1. The molecule has 1 N–H and O–H groups in total. The van der Waals surface area contributed by atoms with Gasteiger partial charge in [0.2, 0.25) is 0 Å². The third-order valence-corrected chi connectivity index (χ3v) is 5.41. The summed E-state index contributed by atoms with van der Waals surface area (Å²) in [7, 11) is 3.26. The molecule has 1 aliphatic heterocycles. The Hall–Kier alpha value is -2.92. The van der Waals surface area contributed by atoms with Gasteiger partial charge in [-0.3, -0.25) is 4.90 Å². The lowest BCUT2D eigenvalue weighted by atomic mass is 10.0. The Morgan fingerprint density at radius 2 is 1.82 bits per heavy atom. The molecule has 0 fully saturated rings. The van der Waals surface area contributed by atoms with Gasteiger partial charge in [-0.25, -0.2) is 0 Å². The van der Waals surface area contributed by atoms with Gasteiger partial charge in [0.15, 0.2) is 11.5 Å². The van der Waals surface area contributed by atoms with Gasteiger partial charge in [-0.2, -0.15) is 0 Å². The number of phenolic OH excluding ortho intramolecular Hbond substituents is 1. The van der Waals surface area contributed by atoms with E-state index in [2.05, 4.69) is 39.9 Å². The van der Waals surface area contributed by atoms with Crippen molar-refractivity contribution in [1.82, 2.24) is 9.47 Å². The highest BCUT2D eigenvalue weighted by Gasteiger charge is 2.27. The van der Waals surface area contributed by atoms with E-state index in [9.17, 15) is 5.11 Å². The van der Waals surface area contributed by atoms with Crippen LogP contribution in [0.1, 0.15) is 29.3 Å². The predicted octanol–water partition coefficient (Wildman–Crippen LogP) is 4.21. The van der Waals surface area contributed by atoms with Gasteiger partial charge in [0, 0.05) is 31.5 Å². The molecule has 5 heteroatoms. The molecule has 0 amide bonds. The summed E-state index contributed by atoms with van der Waals surface area (Å²) in [6, 6.07) is 18.4. The second kappa shape index (κ2) is 7.98. The lowest BCUT2D eigenvalue weighted by molar-refractivity contribution is 0.220. The first-order valence-corrected chi connectivity index (χ1v) is 9.58. The van der Waals surface area contributed by atoms with Gasteiger partial charge >= 0.3 is 0 Å². The number of hydrogen-bond donors (Lipinski definition) is 1. The molecule has 1 aromatic heterocycles. The van der Waals surface area contributed by atoms with E-state index >= 15 is 0 Å². The van der Waals surface area contributed by atoms with Crippen molar-refractivity contribution in [1.29, 1.82) is 0 Å². The third kappa shape index (κ3) is 3.58. The maximum absolute atomic E-state index is 10.2. The van der Waals surface area contributed by atoms with Crippen LogP contribution in [0.3, 0.4) is 0 Å². The molecule has 0 bridgehead atoms. The standard InChI is InChI=1S/C23H26N2O3/c1-27-19-9-7-18(8-10-19)23-20-5-3-12-24(20)13-4-14-25(23)16-17-6-11-22(28-2)21(26)15-17/h3,5-12,15,23,26H,4,13-14,16H2,1-2H3/t23-/m1/s1. The van der Waals surface area contributed by atoms with Crippen LogP contribution in [0.25, 0.3) is 0 Å². The highest BCUT2D eigenvalue weighted by atomic mass is 16.5. The monoisotopic (exact) mass is 378 g/mol. The molecule has 0 unspecified atom stereocenters. The molecule has 0 saturated carbocycles. The highest BCUT2D eigenvalue weighted by Crippen LogP contribution is 2.35. The van der Waals surface area contributed by atoms with E-state index in [1.165, 1.54) is 11.3 Å². The molecule has 1 atom stereocenters. The molecule has 4 rings (SSSR count). The fourth-order valence-corrected chi connectivity index (χ4v) is 4.05. The first-order chi connectivity index (χ1) is 13.7. The second-order valence-electron chi connectivity index (χ2n) is 7.13. The van der Waals surface area contributed by atoms with E-state index in [4.69, 9.17) is 9.47 Å². The van der Waals surface area contributed by atoms with Crippen molar-refractivity contribution in [2.45, 2.75) is 25.6 Å². The van der Waals surface area contributed by atoms with Crippen LogP contribution in [0.4, 0.5) is 0 Å². The number of methoxy groups -OCH3 is 2. The Morgan fingerprint density at radius 1 is 1.00 bits per heavy atom. The lowest BCUT2D eigenvalue weighted by Crippen LogP contribution is -2.29. The molecule has 2 heterocycles. The summed E-state index contributed by atoms with van der Waals surface area (Å²) in [6.45, 7) is 2.74. The molecule has 5 nitrogen and oxygen atoms in total. The van der Waals surface area contributed by atoms with Crippen LogP contribution in [-0.4, -0.2) is 35.3 Å². The number of rotatable bonds is 5. The van der Waals surface area contributed by atoms with E-state index in [-0.39, 0.29) is 11.8 Å². The van der Waals surface area contributed by atoms with E-state index in [1.807, 2.05) is 24.3 Å². The van der Waals surface area contributed by atoms with Crippen molar-refractivity contribution < 1.29 is 14.6 Å². The molecule has 28 heavy (non-hydrogen) atoms. The van der Waals surface area contributed by atoms with Crippen molar-refractivity contribution in [3.8, 4) is 17.2 Å². The number of ether oxygens (including phenoxy) is 2. The Morgan fingerprint density at radius 3 is 2.54 bits per heavy atom. The largest absolute Gasteiger partial charge is 0.504 e. The Balaban J connectivity index is 1.70. The third-order valence-electron chi connectivity index (χ3n) is 5.41. The van der Waals surface area contributed by atoms with Crippen LogP contribution in [0, 0.1) is 0 Å². The average molecular weight is 378 g/mol. The van der Waals surface area contributed by atoms with Crippen molar-refractivity contribution in [2.75, 3.05) is 20.8 Å². The number of hydrogen-bond acceptors (Lipinski definition) is 4. The first kappa shape index (κ1) is 18.4. The van der Waals surface area contributed by atoms with Crippen LogP contribution in [-0.2, 0) is 13.1 Å². The van der Waals surface area contributed by atoms with Crippen LogP contribution in [0.5, 0.6) is 17.2 Å². The van der Waals surface area contributed by atoms with Crippen LogP contribution in [0.2, 0.25) is 0 Å². The van der Waals surface area contributed by atoms with E-state index in [0.717, 1.165) is 37.4 Å². The number of aromatic nitrogens is 1. The second-order valence-corrected chi connectivity index (χ2v) is 7.13. The molecule has 2 aromatic carbocycles. The van der Waals surface area contributed by atoms with E-state index in [0.29, 0.717) is 5.75 Å². The first-order valence-electron chi connectivity index (χ1n) is 9.58. The summed E-state index contributed by atoms with van der Waals surface area (Å²) in [5, 5.41) is 10.2. The normalized spacial score (nSPS) is 17.0. The van der Waals surface area contributed by atoms with Gasteiger partial charge in [0.05, 0.1) is 20.3 Å². The molecule has 3 aromatic rings. The maximum atomic E-state index is 10.2. The molecule has 1 aliphatic rings. The van der Waals surface area contributed by atoms with Gasteiger partial charge in [0.25, 0.3) is 0 Å². The summed E-state index contributed by atoms with van der Waals surface area (Å²) >= 11 is 0. The van der Waals surface area contributed by atoms with E-state index in [1.54, 1.807) is 20.3 Å². The van der Waals surface area contributed by atoms with Crippen molar-refractivity contribution >= 4 is 0 Å². The Bertz CT molecular complexity index is 933. The predicted molar refractivity (Wildman–Crippen MR) is 109 cm³/mol. The number of aryl methyl sites for hydroxylation is 1. The van der Waals surface area contributed by atoms with Gasteiger partial charge in [-0.1, -0.05) is 18.2 Å². The van der Waals surface area contributed by atoms with Gasteiger partial charge in [-0.15, -0.1) is 0 Å². The van der Waals surface area contributed by atoms with Crippen molar-refractivity contribution in [3.05, 3.63) is 77.6 Å². The van der Waals surface area contributed by atoms with Gasteiger partial charge in [0.1, 0.15) is 5.75 Å². The average Bonchev–Trinajstić information content (AvgIpc) is 3.10. The lowest BCUT2D eigenvalue weighted by Gasteiger charge is -2.31. The fourth-order valence-electron chi connectivity index (χ4n) is 4.05. The summed E-state index contributed by atoms with van der Waals surface area (Å²) in [6.07, 6.45) is 3.24. The molecule has 0 spiro atoms. The molecule has 146 valence electrons. The Kier molecular flexibility index (Phi) is 5.26. The summed E-state index contributed by atoms with van der Waals surface area (Å²) in [5.41, 5.74) is 3.60. The van der Waals surface area contributed by atoms with E-state index < -0.39 is 0 Å². The quantitative estimate of drug-likeness (QED) is 0.723. The summed E-state index contributed by atoms with van der Waals surface area (Å²) < 4.78 is 12.9. The zero-order valence-corrected chi connectivity index (χ0v) is 16.3. The molecular weight excluding hydrogens is 352 g/mol. The number of phenols is 1. The molecule has 0 radical (unpaired) electrons. The minimum Gasteiger partial charge on any atom is -0.504 e. The molecular formula is C23H26N2O3. The van der Waals surface area contributed by atoms with Crippen LogP contribution < -0.4 is 9.47 Å².